The molecule has 0 bridgehead atoms. The fourth-order valence-corrected chi connectivity index (χ4v) is 3.49. The monoisotopic (exact) mass is 294 g/mol. The summed E-state index contributed by atoms with van der Waals surface area (Å²) in [5.41, 5.74) is 3.78. The first kappa shape index (κ1) is 13.2. The van der Waals surface area contributed by atoms with E-state index >= 15 is 0 Å². The van der Waals surface area contributed by atoms with Crippen LogP contribution in [0.2, 0.25) is 0 Å². The van der Waals surface area contributed by atoms with Crippen molar-refractivity contribution in [1.82, 2.24) is 5.32 Å². The van der Waals surface area contributed by atoms with Crippen LogP contribution in [0.5, 0.6) is 5.75 Å². The molecule has 1 atom stereocenters. The van der Waals surface area contributed by atoms with Gasteiger partial charge in [0.2, 0.25) is 0 Å². The van der Waals surface area contributed by atoms with Gasteiger partial charge in [-0.3, -0.25) is 0 Å². The summed E-state index contributed by atoms with van der Waals surface area (Å²) in [6.45, 7) is 2.72. The minimum atomic E-state index is -0.502. The number of benzene rings is 2. The second-order valence-electron chi connectivity index (χ2n) is 5.81. The predicted molar refractivity (Wildman–Crippen MR) is 85.3 cm³/mol. The van der Waals surface area contributed by atoms with Gasteiger partial charge < -0.3 is 15.4 Å². The van der Waals surface area contributed by atoms with E-state index in [9.17, 15) is 4.79 Å². The van der Waals surface area contributed by atoms with Crippen LogP contribution in [0.1, 0.15) is 30.0 Å². The summed E-state index contributed by atoms with van der Waals surface area (Å²) in [7, 11) is 0. The topological polar surface area (TPSA) is 50.4 Å². The molecule has 2 amide bonds. The van der Waals surface area contributed by atoms with Crippen LogP contribution in [0.15, 0.2) is 42.5 Å². The number of fused-ring (bicyclic) bond motifs is 4. The van der Waals surface area contributed by atoms with Gasteiger partial charge in [0.15, 0.2) is 0 Å². The largest absolute Gasteiger partial charge is 0.493 e. The van der Waals surface area contributed by atoms with Crippen LogP contribution >= 0.6 is 0 Å². The van der Waals surface area contributed by atoms with Crippen molar-refractivity contribution in [2.75, 3.05) is 11.9 Å². The Hall–Kier alpha value is -2.49. The van der Waals surface area contributed by atoms with E-state index < -0.39 is 5.54 Å². The lowest BCUT2D eigenvalue weighted by atomic mass is 9.76. The van der Waals surface area contributed by atoms with Crippen molar-refractivity contribution in [2.45, 2.75) is 25.3 Å². The van der Waals surface area contributed by atoms with Gasteiger partial charge in [-0.15, -0.1) is 0 Å². The van der Waals surface area contributed by atoms with Gasteiger partial charge >= 0.3 is 6.03 Å². The summed E-state index contributed by atoms with van der Waals surface area (Å²) in [5.74, 6) is 0.862. The van der Waals surface area contributed by atoms with Crippen LogP contribution in [0.4, 0.5) is 10.5 Å². The number of carbonyl (C=O) groups excluding carboxylic acids is 1. The van der Waals surface area contributed by atoms with E-state index in [1.54, 1.807) is 0 Å². The summed E-state index contributed by atoms with van der Waals surface area (Å²) in [6, 6.07) is 14.1. The molecule has 2 aromatic rings. The molecule has 2 N–H and O–H groups in total. The zero-order valence-corrected chi connectivity index (χ0v) is 12.5. The second kappa shape index (κ2) is 4.77. The van der Waals surface area contributed by atoms with Gasteiger partial charge in [-0.2, -0.15) is 0 Å². The fraction of sp³-hybridized carbons (Fsp3) is 0.278. The molecule has 112 valence electrons. The maximum Gasteiger partial charge on any atom is 0.320 e. The number of anilines is 1. The second-order valence-corrected chi connectivity index (χ2v) is 5.81. The predicted octanol–water partition coefficient (Wildman–Crippen LogP) is 3.41. The highest BCUT2D eigenvalue weighted by atomic mass is 16.5. The standard InChI is InChI=1S/C18H18N2O2/c1-2-12-7-8-16-14(11-12)18(9-10-22-16)13-5-3-4-6-15(13)19-17(21)20-18/h3-8,11H,2,9-10H2,1H3,(H2,19,20,21). The third-order valence-corrected chi connectivity index (χ3v) is 4.61. The number of carbonyl (C=O) groups is 1. The highest BCUT2D eigenvalue weighted by Gasteiger charge is 2.44. The van der Waals surface area contributed by atoms with E-state index in [0.717, 1.165) is 35.4 Å². The van der Waals surface area contributed by atoms with Crippen molar-refractivity contribution < 1.29 is 9.53 Å². The minimum Gasteiger partial charge on any atom is -0.493 e. The average Bonchev–Trinajstić information content (AvgIpc) is 2.55. The Morgan fingerprint density at radius 2 is 2.05 bits per heavy atom. The van der Waals surface area contributed by atoms with Gasteiger partial charge in [0.25, 0.3) is 0 Å². The highest BCUT2D eigenvalue weighted by Crippen LogP contribution is 2.46. The van der Waals surface area contributed by atoms with Crippen LogP contribution in [0.3, 0.4) is 0 Å². The van der Waals surface area contributed by atoms with E-state index in [0.29, 0.717) is 6.61 Å². The van der Waals surface area contributed by atoms with Crippen molar-refractivity contribution in [3.8, 4) is 5.75 Å². The van der Waals surface area contributed by atoms with E-state index in [-0.39, 0.29) is 6.03 Å². The lowest BCUT2D eigenvalue weighted by molar-refractivity contribution is 0.201. The van der Waals surface area contributed by atoms with Gasteiger partial charge in [-0.25, -0.2) is 4.79 Å². The molecule has 1 spiro atoms. The normalized spacial score (nSPS) is 22.1. The van der Waals surface area contributed by atoms with Crippen molar-refractivity contribution in [3.63, 3.8) is 0 Å². The number of hydrogen-bond donors (Lipinski definition) is 2. The van der Waals surface area contributed by atoms with E-state index in [1.165, 1.54) is 5.56 Å². The first-order valence-electron chi connectivity index (χ1n) is 7.68. The number of para-hydroxylation sites is 1. The minimum absolute atomic E-state index is 0.159. The number of aryl methyl sites for hydroxylation is 1. The molecule has 2 aliphatic heterocycles. The summed E-state index contributed by atoms with van der Waals surface area (Å²) in [4.78, 5) is 12.2. The van der Waals surface area contributed by atoms with Crippen molar-refractivity contribution in [2.24, 2.45) is 0 Å². The quantitative estimate of drug-likeness (QED) is 0.847. The fourth-order valence-electron chi connectivity index (χ4n) is 3.49. The maximum absolute atomic E-state index is 12.2. The Kier molecular flexibility index (Phi) is 2.86. The number of hydrogen-bond acceptors (Lipinski definition) is 2. The molecule has 0 fully saturated rings. The molecule has 2 heterocycles. The van der Waals surface area contributed by atoms with Crippen LogP contribution < -0.4 is 15.4 Å². The molecule has 0 aromatic heterocycles. The van der Waals surface area contributed by atoms with Crippen LogP contribution in [0.25, 0.3) is 0 Å². The first-order valence-corrected chi connectivity index (χ1v) is 7.68. The lowest BCUT2D eigenvalue weighted by Gasteiger charge is -2.43. The van der Waals surface area contributed by atoms with E-state index in [4.69, 9.17) is 4.74 Å². The van der Waals surface area contributed by atoms with Gasteiger partial charge in [0.05, 0.1) is 6.61 Å². The molecule has 22 heavy (non-hydrogen) atoms. The Morgan fingerprint density at radius 1 is 1.18 bits per heavy atom. The zero-order chi connectivity index (χ0) is 15.2. The zero-order valence-electron chi connectivity index (χ0n) is 12.5. The molecular weight excluding hydrogens is 276 g/mol. The third-order valence-electron chi connectivity index (χ3n) is 4.61. The number of nitrogens with one attached hydrogen (secondary N) is 2. The average molecular weight is 294 g/mol. The smallest absolute Gasteiger partial charge is 0.320 e. The first-order chi connectivity index (χ1) is 10.7. The SMILES string of the molecule is CCc1ccc2c(c1)C1(CCO2)NC(=O)Nc2ccccc21. The summed E-state index contributed by atoms with van der Waals surface area (Å²) in [6.07, 6.45) is 1.69. The lowest BCUT2D eigenvalue weighted by Crippen LogP contribution is -2.54. The van der Waals surface area contributed by atoms with Gasteiger partial charge in [0.1, 0.15) is 11.3 Å². The molecular formula is C18H18N2O2. The van der Waals surface area contributed by atoms with Crippen LogP contribution in [-0.2, 0) is 12.0 Å². The number of rotatable bonds is 1. The molecule has 2 aromatic carbocycles. The Morgan fingerprint density at radius 3 is 2.91 bits per heavy atom. The van der Waals surface area contributed by atoms with E-state index in [2.05, 4.69) is 35.8 Å². The summed E-state index contributed by atoms with van der Waals surface area (Å²) < 4.78 is 5.83. The van der Waals surface area contributed by atoms with Crippen LogP contribution in [-0.4, -0.2) is 12.6 Å². The van der Waals surface area contributed by atoms with Crippen molar-refractivity contribution >= 4 is 11.7 Å². The molecule has 0 saturated carbocycles. The number of ether oxygens (including phenoxy) is 1. The number of amides is 2. The van der Waals surface area contributed by atoms with Crippen molar-refractivity contribution in [1.29, 1.82) is 0 Å². The summed E-state index contributed by atoms with van der Waals surface area (Å²) >= 11 is 0. The molecule has 2 aliphatic rings. The third kappa shape index (κ3) is 1.80. The maximum atomic E-state index is 12.2. The highest BCUT2D eigenvalue weighted by molar-refractivity contribution is 5.94. The van der Waals surface area contributed by atoms with Gasteiger partial charge in [0, 0.05) is 23.2 Å². The molecule has 0 aliphatic carbocycles. The Labute approximate surface area is 129 Å². The summed E-state index contributed by atoms with van der Waals surface area (Å²) in [5, 5.41) is 6.07. The molecule has 4 rings (SSSR count). The van der Waals surface area contributed by atoms with Gasteiger partial charge in [-0.05, 0) is 30.2 Å². The molecule has 1 unspecified atom stereocenters. The molecule has 4 nitrogen and oxygen atoms in total. The molecule has 4 heteroatoms. The number of urea groups is 1. The Bertz CT molecular complexity index is 757. The van der Waals surface area contributed by atoms with Crippen molar-refractivity contribution in [3.05, 3.63) is 59.2 Å². The van der Waals surface area contributed by atoms with Gasteiger partial charge in [-0.1, -0.05) is 31.2 Å². The Balaban J connectivity index is 1.98. The van der Waals surface area contributed by atoms with Crippen LogP contribution in [0, 0.1) is 0 Å². The van der Waals surface area contributed by atoms with E-state index in [1.807, 2.05) is 24.3 Å². The molecule has 0 radical (unpaired) electrons. The molecule has 0 saturated heterocycles.